The number of rotatable bonds is 3. The lowest BCUT2D eigenvalue weighted by molar-refractivity contribution is -0.137. The monoisotopic (exact) mass is 381 g/mol. The van der Waals surface area contributed by atoms with Crippen LogP contribution in [0.15, 0.2) is 18.2 Å². The highest BCUT2D eigenvalue weighted by Gasteiger charge is 2.17. The summed E-state index contributed by atoms with van der Waals surface area (Å²) < 4.78 is 11.6. The fourth-order valence-corrected chi connectivity index (χ4v) is 2.28. The molecule has 1 amide bonds. The van der Waals surface area contributed by atoms with Crippen LogP contribution in [0.3, 0.4) is 0 Å². The number of carbonyl (C=O) groups is 1. The minimum Gasteiger partial charge on any atom is -0.483 e. The Hall–Kier alpha value is -0.530. The van der Waals surface area contributed by atoms with Gasteiger partial charge in [0.25, 0.3) is 5.91 Å². The maximum Gasteiger partial charge on any atom is 0.260 e. The van der Waals surface area contributed by atoms with Gasteiger partial charge in [-0.15, -0.1) is 0 Å². The van der Waals surface area contributed by atoms with E-state index in [0.29, 0.717) is 37.1 Å². The van der Waals surface area contributed by atoms with E-state index in [1.54, 1.807) is 17.0 Å². The molecule has 0 unspecified atom stereocenters. The molecular formula is C12H13ClINO3. The topological polar surface area (TPSA) is 38.8 Å². The first-order valence-electron chi connectivity index (χ1n) is 5.60. The minimum atomic E-state index is -0.0194. The Morgan fingerprint density at radius 1 is 1.44 bits per heavy atom. The highest BCUT2D eigenvalue weighted by Crippen LogP contribution is 2.24. The first kappa shape index (κ1) is 13.9. The van der Waals surface area contributed by atoms with Crippen LogP contribution in [-0.4, -0.2) is 43.7 Å². The molecule has 1 heterocycles. The fourth-order valence-electron chi connectivity index (χ4n) is 1.63. The van der Waals surface area contributed by atoms with Crippen LogP contribution in [0.1, 0.15) is 0 Å². The Labute approximate surface area is 124 Å². The molecule has 1 aromatic carbocycles. The van der Waals surface area contributed by atoms with Crippen molar-refractivity contribution in [3.8, 4) is 5.75 Å². The van der Waals surface area contributed by atoms with Gasteiger partial charge in [0.05, 0.1) is 16.8 Å². The molecular weight excluding hydrogens is 368 g/mol. The molecule has 0 aromatic heterocycles. The van der Waals surface area contributed by atoms with Crippen molar-refractivity contribution in [2.24, 2.45) is 0 Å². The number of hydrogen-bond donors (Lipinski definition) is 0. The number of benzene rings is 1. The molecule has 1 saturated heterocycles. The van der Waals surface area contributed by atoms with Gasteiger partial charge in [-0.25, -0.2) is 0 Å². The van der Waals surface area contributed by atoms with E-state index in [4.69, 9.17) is 21.1 Å². The van der Waals surface area contributed by atoms with E-state index in [0.717, 1.165) is 3.57 Å². The Morgan fingerprint density at radius 3 is 2.89 bits per heavy atom. The van der Waals surface area contributed by atoms with E-state index in [2.05, 4.69) is 22.6 Å². The zero-order valence-corrected chi connectivity index (χ0v) is 12.6. The molecule has 0 aliphatic carbocycles. The van der Waals surface area contributed by atoms with Crippen LogP contribution in [0.25, 0.3) is 0 Å². The van der Waals surface area contributed by atoms with Crippen molar-refractivity contribution >= 4 is 40.1 Å². The largest absolute Gasteiger partial charge is 0.483 e. The van der Waals surface area contributed by atoms with E-state index in [9.17, 15) is 4.79 Å². The molecule has 0 atom stereocenters. The molecule has 1 aliphatic heterocycles. The van der Waals surface area contributed by atoms with Crippen LogP contribution in [0.2, 0.25) is 5.02 Å². The predicted octanol–water partition coefficient (Wildman–Crippen LogP) is 2.18. The Kier molecular flexibility index (Phi) is 5.08. The molecule has 1 aliphatic rings. The first-order valence-corrected chi connectivity index (χ1v) is 7.06. The van der Waals surface area contributed by atoms with E-state index in [1.165, 1.54) is 0 Å². The molecule has 0 N–H and O–H groups in total. The van der Waals surface area contributed by atoms with Crippen LogP contribution in [0, 0.1) is 3.57 Å². The number of morpholine rings is 1. The summed E-state index contributed by atoms with van der Waals surface area (Å²) in [6, 6.07) is 5.37. The summed E-state index contributed by atoms with van der Waals surface area (Å²) in [5, 5.41) is 0.601. The molecule has 6 heteroatoms. The Bertz CT molecular complexity index is 435. The van der Waals surface area contributed by atoms with E-state index in [1.807, 2.05) is 6.07 Å². The third-order valence-corrected chi connectivity index (χ3v) is 3.73. The molecule has 1 fully saturated rings. The van der Waals surface area contributed by atoms with E-state index >= 15 is 0 Å². The number of halogens is 2. The number of nitrogens with zero attached hydrogens (tertiary/aromatic N) is 1. The molecule has 98 valence electrons. The number of ether oxygens (including phenoxy) is 2. The average Bonchev–Trinajstić information content (AvgIpc) is 2.40. The Balaban J connectivity index is 1.90. The summed E-state index contributed by atoms with van der Waals surface area (Å²) in [6.45, 7) is 2.50. The third-order valence-electron chi connectivity index (χ3n) is 2.61. The van der Waals surface area contributed by atoms with Crippen molar-refractivity contribution in [3.63, 3.8) is 0 Å². The van der Waals surface area contributed by atoms with Crippen LogP contribution in [-0.2, 0) is 9.53 Å². The van der Waals surface area contributed by atoms with Gasteiger partial charge >= 0.3 is 0 Å². The number of amides is 1. The molecule has 2 rings (SSSR count). The second-order valence-corrected chi connectivity index (χ2v) is 5.46. The molecule has 1 aromatic rings. The third kappa shape index (κ3) is 3.73. The SMILES string of the molecule is O=C(COc1cc(Cl)ccc1I)N1CCOCC1. The number of hydrogen-bond acceptors (Lipinski definition) is 3. The minimum absolute atomic E-state index is 0.0194. The summed E-state index contributed by atoms with van der Waals surface area (Å²) in [6.07, 6.45) is 0. The van der Waals surface area contributed by atoms with Gasteiger partial charge in [-0.1, -0.05) is 11.6 Å². The lowest BCUT2D eigenvalue weighted by Crippen LogP contribution is -2.43. The summed E-state index contributed by atoms with van der Waals surface area (Å²) in [4.78, 5) is 13.6. The lowest BCUT2D eigenvalue weighted by atomic mass is 10.3. The fraction of sp³-hybridized carbons (Fsp3) is 0.417. The molecule has 0 spiro atoms. The number of carbonyl (C=O) groups excluding carboxylic acids is 1. The van der Waals surface area contributed by atoms with Crippen molar-refractivity contribution in [3.05, 3.63) is 26.8 Å². The van der Waals surface area contributed by atoms with Gasteiger partial charge in [-0.05, 0) is 40.8 Å². The molecule has 0 saturated carbocycles. The van der Waals surface area contributed by atoms with Gasteiger partial charge in [-0.2, -0.15) is 0 Å². The van der Waals surface area contributed by atoms with Gasteiger partial charge in [-0.3, -0.25) is 4.79 Å². The zero-order valence-electron chi connectivity index (χ0n) is 9.70. The summed E-state index contributed by atoms with van der Waals surface area (Å²) in [7, 11) is 0. The highest BCUT2D eigenvalue weighted by molar-refractivity contribution is 14.1. The maximum absolute atomic E-state index is 11.9. The van der Waals surface area contributed by atoms with Crippen molar-refractivity contribution in [2.75, 3.05) is 32.9 Å². The second-order valence-electron chi connectivity index (χ2n) is 3.86. The van der Waals surface area contributed by atoms with Crippen LogP contribution in [0.4, 0.5) is 0 Å². The zero-order chi connectivity index (χ0) is 13.0. The van der Waals surface area contributed by atoms with Crippen molar-refractivity contribution in [2.45, 2.75) is 0 Å². The molecule has 18 heavy (non-hydrogen) atoms. The maximum atomic E-state index is 11.9. The van der Waals surface area contributed by atoms with Gasteiger partial charge in [0, 0.05) is 18.1 Å². The van der Waals surface area contributed by atoms with Gasteiger partial charge in [0.2, 0.25) is 0 Å². The van der Waals surface area contributed by atoms with E-state index in [-0.39, 0.29) is 12.5 Å². The lowest BCUT2D eigenvalue weighted by Gasteiger charge is -2.26. The average molecular weight is 382 g/mol. The van der Waals surface area contributed by atoms with Gasteiger partial charge < -0.3 is 14.4 Å². The van der Waals surface area contributed by atoms with Crippen molar-refractivity contribution < 1.29 is 14.3 Å². The quantitative estimate of drug-likeness (QED) is 0.754. The van der Waals surface area contributed by atoms with E-state index < -0.39 is 0 Å². The molecule has 0 radical (unpaired) electrons. The van der Waals surface area contributed by atoms with Crippen molar-refractivity contribution in [1.82, 2.24) is 4.90 Å². The van der Waals surface area contributed by atoms with Crippen LogP contribution < -0.4 is 4.74 Å². The van der Waals surface area contributed by atoms with Gasteiger partial charge in [0.1, 0.15) is 5.75 Å². The van der Waals surface area contributed by atoms with Crippen LogP contribution in [0.5, 0.6) is 5.75 Å². The predicted molar refractivity (Wildman–Crippen MR) is 77.1 cm³/mol. The summed E-state index contributed by atoms with van der Waals surface area (Å²) in [5.41, 5.74) is 0. The van der Waals surface area contributed by atoms with Crippen LogP contribution >= 0.6 is 34.2 Å². The smallest absolute Gasteiger partial charge is 0.260 e. The summed E-state index contributed by atoms with van der Waals surface area (Å²) >= 11 is 8.04. The van der Waals surface area contributed by atoms with Gasteiger partial charge in [0.15, 0.2) is 6.61 Å². The highest BCUT2D eigenvalue weighted by atomic mass is 127. The molecule has 4 nitrogen and oxygen atoms in total. The summed E-state index contributed by atoms with van der Waals surface area (Å²) in [5.74, 6) is 0.624. The first-order chi connectivity index (χ1) is 8.66. The van der Waals surface area contributed by atoms with Crippen molar-refractivity contribution in [1.29, 1.82) is 0 Å². The molecule has 0 bridgehead atoms. The Morgan fingerprint density at radius 2 is 2.17 bits per heavy atom. The second kappa shape index (κ2) is 6.58. The standard InChI is InChI=1S/C12H13ClINO3/c13-9-1-2-10(14)11(7-9)18-8-12(16)15-3-5-17-6-4-15/h1-2,7H,3-6,8H2. The normalized spacial score (nSPS) is 15.6.